The highest BCUT2D eigenvalue weighted by molar-refractivity contribution is 5.98. The van der Waals surface area contributed by atoms with Crippen molar-refractivity contribution < 1.29 is 9.59 Å². The lowest BCUT2D eigenvalue weighted by Gasteiger charge is -2.14. The summed E-state index contributed by atoms with van der Waals surface area (Å²) in [6, 6.07) is 13.9. The van der Waals surface area contributed by atoms with Crippen molar-refractivity contribution in [3.8, 4) is 0 Å². The molecule has 2 aromatic carbocycles. The van der Waals surface area contributed by atoms with Gasteiger partial charge in [0.15, 0.2) is 5.78 Å². The van der Waals surface area contributed by atoms with Crippen LogP contribution in [0, 0.1) is 13.8 Å². The molecular formula is C22H27NO2. The van der Waals surface area contributed by atoms with E-state index in [1.165, 1.54) is 5.56 Å². The molecule has 0 aliphatic carbocycles. The lowest BCUT2D eigenvalue weighted by Crippen LogP contribution is -2.27. The van der Waals surface area contributed by atoms with Gasteiger partial charge in [0.1, 0.15) is 0 Å². The first-order valence-electron chi connectivity index (χ1n) is 8.89. The fraction of sp³-hybridized carbons (Fsp3) is 0.364. The van der Waals surface area contributed by atoms with Crippen LogP contribution in [0.15, 0.2) is 42.5 Å². The highest BCUT2D eigenvalue weighted by Gasteiger charge is 2.13. The van der Waals surface area contributed by atoms with Gasteiger partial charge in [-0.05, 0) is 55.5 Å². The number of carbonyl (C=O) groups excluding carboxylic acids is 2. The molecule has 0 saturated heterocycles. The van der Waals surface area contributed by atoms with Crippen LogP contribution in [0.3, 0.4) is 0 Å². The fourth-order valence-electron chi connectivity index (χ4n) is 2.73. The van der Waals surface area contributed by atoms with Crippen molar-refractivity contribution in [3.05, 3.63) is 70.3 Å². The Kier molecular flexibility index (Phi) is 6.51. The Bertz CT molecular complexity index is 747. The number of rotatable bonds is 7. The van der Waals surface area contributed by atoms with E-state index in [0.717, 1.165) is 23.1 Å². The van der Waals surface area contributed by atoms with Gasteiger partial charge in [0, 0.05) is 18.4 Å². The van der Waals surface area contributed by atoms with Crippen LogP contribution >= 0.6 is 0 Å². The first-order valence-corrected chi connectivity index (χ1v) is 8.89. The highest BCUT2D eigenvalue weighted by Crippen LogP contribution is 2.15. The Morgan fingerprint density at radius 1 is 0.960 bits per heavy atom. The summed E-state index contributed by atoms with van der Waals surface area (Å²) < 4.78 is 0. The molecule has 0 bridgehead atoms. The van der Waals surface area contributed by atoms with Gasteiger partial charge in [0.25, 0.3) is 0 Å². The van der Waals surface area contributed by atoms with Crippen LogP contribution in [0.1, 0.15) is 65.3 Å². The third-order valence-electron chi connectivity index (χ3n) is 4.67. The molecule has 0 radical (unpaired) electrons. The third kappa shape index (κ3) is 5.28. The van der Waals surface area contributed by atoms with Crippen LogP contribution in [0.5, 0.6) is 0 Å². The van der Waals surface area contributed by atoms with Crippen LogP contribution in [0.4, 0.5) is 0 Å². The highest BCUT2D eigenvalue weighted by atomic mass is 16.2. The van der Waals surface area contributed by atoms with Gasteiger partial charge in [-0.15, -0.1) is 0 Å². The summed E-state index contributed by atoms with van der Waals surface area (Å²) in [6.07, 6.45) is 1.45. The molecule has 0 aromatic heterocycles. The second-order valence-electron chi connectivity index (χ2n) is 6.61. The molecule has 0 aliphatic rings. The second-order valence-corrected chi connectivity index (χ2v) is 6.61. The molecule has 0 fully saturated rings. The predicted octanol–water partition coefficient (Wildman–Crippen LogP) is 4.71. The van der Waals surface area contributed by atoms with E-state index in [2.05, 4.69) is 24.4 Å². The van der Waals surface area contributed by atoms with Crippen LogP contribution in [-0.2, 0) is 11.2 Å². The molecular weight excluding hydrogens is 310 g/mol. The number of hydrogen-bond donors (Lipinski definition) is 1. The smallest absolute Gasteiger partial charge is 0.220 e. The Balaban J connectivity index is 1.86. The fourth-order valence-corrected chi connectivity index (χ4v) is 2.73. The molecule has 1 unspecified atom stereocenters. The molecule has 0 heterocycles. The maximum Gasteiger partial charge on any atom is 0.220 e. The Morgan fingerprint density at radius 2 is 1.64 bits per heavy atom. The molecule has 0 aliphatic heterocycles. The van der Waals surface area contributed by atoms with Crippen molar-refractivity contribution in [1.82, 2.24) is 5.32 Å². The first kappa shape index (κ1) is 18.9. The van der Waals surface area contributed by atoms with E-state index in [9.17, 15) is 9.59 Å². The minimum absolute atomic E-state index is 0.0122. The number of benzene rings is 2. The Labute approximate surface area is 150 Å². The lowest BCUT2D eigenvalue weighted by atomic mass is 10.0. The summed E-state index contributed by atoms with van der Waals surface area (Å²) in [6.45, 7) is 8.09. The van der Waals surface area contributed by atoms with Gasteiger partial charge in [-0.25, -0.2) is 0 Å². The number of ketones is 1. The van der Waals surface area contributed by atoms with E-state index in [-0.39, 0.29) is 30.6 Å². The summed E-state index contributed by atoms with van der Waals surface area (Å²) in [7, 11) is 0. The van der Waals surface area contributed by atoms with E-state index < -0.39 is 0 Å². The number of aryl methyl sites for hydroxylation is 3. The molecule has 25 heavy (non-hydrogen) atoms. The number of hydrogen-bond acceptors (Lipinski definition) is 2. The van der Waals surface area contributed by atoms with Crippen LogP contribution in [0.25, 0.3) is 0 Å². The van der Waals surface area contributed by atoms with E-state index in [4.69, 9.17) is 0 Å². The summed E-state index contributed by atoms with van der Waals surface area (Å²) in [5.74, 6) is -0.0811. The van der Waals surface area contributed by atoms with E-state index in [1.54, 1.807) is 0 Å². The zero-order valence-electron chi connectivity index (χ0n) is 15.6. The summed E-state index contributed by atoms with van der Waals surface area (Å²) in [5, 5.41) is 2.97. The van der Waals surface area contributed by atoms with E-state index >= 15 is 0 Å². The van der Waals surface area contributed by atoms with Crippen LogP contribution < -0.4 is 5.32 Å². The normalized spacial score (nSPS) is 11.8. The predicted molar refractivity (Wildman–Crippen MR) is 102 cm³/mol. The monoisotopic (exact) mass is 337 g/mol. The van der Waals surface area contributed by atoms with Crippen LogP contribution in [0.2, 0.25) is 0 Å². The molecule has 1 N–H and O–H groups in total. The van der Waals surface area contributed by atoms with Crippen molar-refractivity contribution in [2.45, 2.75) is 53.0 Å². The van der Waals surface area contributed by atoms with E-state index in [0.29, 0.717) is 5.56 Å². The van der Waals surface area contributed by atoms with Crippen molar-refractivity contribution in [1.29, 1.82) is 0 Å². The van der Waals surface area contributed by atoms with Crippen molar-refractivity contribution in [2.75, 3.05) is 0 Å². The van der Waals surface area contributed by atoms with E-state index in [1.807, 2.05) is 51.1 Å². The first-order chi connectivity index (χ1) is 11.9. The molecule has 0 spiro atoms. The van der Waals surface area contributed by atoms with Gasteiger partial charge in [-0.1, -0.05) is 43.3 Å². The average molecular weight is 337 g/mol. The summed E-state index contributed by atoms with van der Waals surface area (Å²) >= 11 is 0. The molecule has 2 rings (SSSR count). The Hall–Kier alpha value is -2.42. The quantitative estimate of drug-likeness (QED) is 0.744. The Morgan fingerprint density at radius 3 is 2.24 bits per heavy atom. The number of Topliss-reactive ketones (excluding diaryl/α,β-unsaturated/α-hetero) is 1. The molecule has 0 saturated carbocycles. The van der Waals surface area contributed by atoms with Gasteiger partial charge < -0.3 is 5.32 Å². The zero-order valence-corrected chi connectivity index (χ0v) is 15.6. The largest absolute Gasteiger partial charge is 0.350 e. The number of amides is 1. The van der Waals surface area contributed by atoms with Gasteiger partial charge in [0.2, 0.25) is 5.91 Å². The minimum atomic E-state index is -0.0933. The lowest BCUT2D eigenvalue weighted by molar-refractivity contribution is -0.121. The van der Waals surface area contributed by atoms with Gasteiger partial charge in [-0.3, -0.25) is 9.59 Å². The van der Waals surface area contributed by atoms with Crippen molar-refractivity contribution >= 4 is 11.7 Å². The zero-order chi connectivity index (χ0) is 18.4. The molecule has 1 amide bonds. The maximum absolute atomic E-state index is 12.3. The minimum Gasteiger partial charge on any atom is -0.350 e. The number of nitrogens with one attached hydrogen (secondary N) is 1. The van der Waals surface area contributed by atoms with Gasteiger partial charge >= 0.3 is 0 Å². The molecule has 3 heteroatoms. The topological polar surface area (TPSA) is 46.2 Å². The van der Waals surface area contributed by atoms with Gasteiger partial charge in [-0.2, -0.15) is 0 Å². The average Bonchev–Trinajstić information content (AvgIpc) is 2.62. The summed E-state index contributed by atoms with van der Waals surface area (Å²) in [4.78, 5) is 24.4. The third-order valence-corrected chi connectivity index (χ3v) is 4.67. The van der Waals surface area contributed by atoms with Crippen molar-refractivity contribution in [2.24, 2.45) is 0 Å². The van der Waals surface area contributed by atoms with Crippen molar-refractivity contribution in [3.63, 3.8) is 0 Å². The molecule has 132 valence electrons. The summed E-state index contributed by atoms with van der Waals surface area (Å²) in [5.41, 5.74) is 5.29. The molecule has 3 nitrogen and oxygen atoms in total. The number of carbonyl (C=O) groups is 2. The SMILES string of the molecule is CCc1ccc(C(C)NC(=O)CCC(=O)c2ccc(C)c(C)c2)cc1. The maximum atomic E-state index is 12.3. The standard InChI is InChI=1S/C22H27NO2/c1-5-18-7-10-19(11-8-18)17(4)23-22(25)13-12-21(24)20-9-6-15(2)16(3)14-20/h6-11,14,17H,5,12-13H2,1-4H3,(H,23,25). The van der Waals surface area contributed by atoms with Crippen LogP contribution in [-0.4, -0.2) is 11.7 Å². The second kappa shape index (κ2) is 8.61. The van der Waals surface area contributed by atoms with Gasteiger partial charge in [0.05, 0.1) is 6.04 Å². The molecule has 2 aromatic rings. The molecule has 1 atom stereocenters.